The molecule has 0 amide bonds. The zero-order valence-corrected chi connectivity index (χ0v) is 18.9. The van der Waals surface area contributed by atoms with Crippen LogP contribution in [0.4, 0.5) is 5.69 Å². The van der Waals surface area contributed by atoms with Crippen LogP contribution in [0.15, 0.2) is 47.1 Å². The van der Waals surface area contributed by atoms with E-state index in [2.05, 4.69) is 39.5 Å². The Bertz CT molecular complexity index is 1210. The van der Waals surface area contributed by atoms with Gasteiger partial charge in [-0.25, -0.2) is 8.42 Å². The number of benzene rings is 2. The first-order valence-electron chi connectivity index (χ1n) is 9.02. The van der Waals surface area contributed by atoms with Crippen LogP contribution in [-0.4, -0.2) is 26.8 Å². The van der Waals surface area contributed by atoms with Gasteiger partial charge < -0.3 is 9.47 Å². The number of halogens is 1. The maximum absolute atomic E-state index is 11.5. The number of ether oxygens (including phenoxy) is 2. The highest BCUT2D eigenvalue weighted by Gasteiger charge is 2.46. The number of nitrogens with one attached hydrogen (secondary N) is 1. The van der Waals surface area contributed by atoms with E-state index in [1.807, 2.05) is 24.3 Å². The van der Waals surface area contributed by atoms with Crippen molar-refractivity contribution < 1.29 is 17.9 Å². The molecule has 0 bridgehead atoms. The summed E-state index contributed by atoms with van der Waals surface area (Å²) in [4.78, 5) is 4.49. The van der Waals surface area contributed by atoms with Crippen LogP contribution in [0.5, 0.6) is 11.5 Å². The minimum atomic E-state index is -3.32. The Morgan fingerprint density at radius 2 is 1.90 bits per heavy atom. The second kappa shape index (κ2) is 6.88. The van der Waals surface area contributed by atoms with Crippen LogP contribution in [0.25, 0.3) is 10.9 Å². The number of rotatable bonds is 4. The van der Waals surface area contributed by atoms with Crippen LogP contribution in [0.1, 0.15) is 31.1 Å². The zero-order valence-electron chi connectivity index (χ0n) is 16.5. The molecule has 2 aromatic carbocycles. The molecule has 0 fully saturated rings. The number of hydrogen-bond donors (Lipinski definition) is 1. The molecule has 0 aliphatic carbocycles. The van der Waals surface area contributed by atoms with Crippen molar-refractivity contribution in [2.75, 3.05) is 18.1 Å². The number of pyridine rings is 1. The quantitative estimate of drug-likeness (QED) is 0.585. The second-order valence-corrected chi connectivity index (χ2v) is 10.2. The van der Waals surface area contributed by atoms with Gasteiger partial charge in [0.2, 0.25) is 10.0 Å². The van der Waals surface area contributed by atoms with Crippen LogP contribution >= 0.6 is 15.9 Å². The predicted molar refractivity (Wildman–Crippen MR) is 117 cm³/mol. The second-order valence-electron chi connectivity index (χ2n) is 7.67. The SMILES string of the molecule is COc1c2c(c(Br)c3ncccc13)OC(c1ccc(NS(C)(=O)=O)cc1)C2(C)C. The van der Waals surface area contributed by atoms with E-state index in [1.54, 1.807) is 25.4 Å². The lowest BCUT2D eigenvalue weighted by Crippen LogP contribution is -2.25. The van der Waals surface area contributed by atoms with Crippen LogP contribution < -0.4 is 14.2 Å². The molecule has 0 radical (unpaired) electrons. The van der Waals surface area contributed by atoms with Crippen LogP contribution in [0, 0.1) is 0 Å². The van der Waals surface area contributed by atoms with Gasteiger partial charge in [0.25, 0.3) is 0 Å². The molecule has 1 unspecified atom stereocenters. The van der Waals surface area contributed by atoms with Crippen molar-refractivity contribution in [2.45, 2.75) is 25.4 Å². The van der Waals surface area contributed by atoms with E-state index in [-0.39, 0.29) is 11.5 Å². The number of nitrogens with zero attached hydrogens (tertiary/aromatic N) is 1. The van der Waals surface area contributed by atoms with E-state index in [1.165, 1.54) is 0 Å². The molecule has 4 rings (SSSR count). The Morgan fingerprint density at radius 3 is 2.52 bits per heavy atom. The number of fused-ring (bicyclic) bond motifs is 2. The Hall–Kier alpha value is -2.32. The first-order chi connectivity index (χ1) is 13.6. The summed E-state index contributed by atoms with van der Waals surface area (Å²) in [5.74, 6) is 1.48. The summed E-state index contributed by atoms with van der Waals surface area (Å²) >= 11 is 3.67. The van der Waals surface area contributed by atoms with Gasteiger partial charge in [-0.15, -0.1) is 0 Å². The van der Waals surface area contributed by atoms with Gasteiger partial charge >= 0.3 is 0 Å². The number of anilines is 1. The monoisotopic (exact) mass is 476 g/mol. The van der Waals surface area contributed by atoms with E-state index < -0.39 is 10.0 Å². The molecule has 29 heavy (non-hydrogen) atoms. The number of aromatic nitrogens is 1. The molecule has 0 saturated carbocycles. The van der Waals surface area contributed by atoms with Crippen molar-refractivity contribution in [3.63, 3.8) is 0 Å². The summed E-state index contributed by atoms with van der Waals surface area (Å²) in [6, 6.07) is 11.1. The van der Waals surface area contributed by atoms with Gasteiger partial charge in [0, 0.05) is 28.2 Å². The summed E-state index contributed by atoms with van der Waals surface area (Å²) in [5, 5.41) is 0.922. The summed E-state index contributed by atoms with van der Waals surface area (Å²) < 4.78 is 38.4. The molecule has 1 aromatic heterocycles. The highest BCUT2D eigenvalue weighted by molar-refractivity contribution is 9.10. The Morgan fingerprint density at radius 1 is 1.21 bits per heavy atom. The third-order valence-corrected chi connectivity index (χ3v) is 6.51. The summed E-state index contributed by atoms with van der Waals surface area (Å²) in [6.07, 6.45) is 2.60. The fourth-order valence-electron chi connectivity index (χ4n) is 3.95. The highest BCUT2D eigenvalue weighted by atomic mass is 79.9. The standard InChI is InChI=1S/C21H21BrN2O4S/c1-21(2)15-18(27-3)14-6-5-11-23-17(14)16(22)19(15)28-20(21)12-7-9-13(10-8-12)24-29(4,25)26/h5-11,20,24H,1-4H3. The third-order valence-electron chi connectivity index (χ3n) is 5.17. The van der Waals surface area contributed by atoms with Gasteiger partial charge in [0.05, 0.1) is 23.4 Å². The lowest BCUT2D eigenvalue weighted by Gasteiger charge is -2.27. The van der Waals surface area contributed by atoms with Gasteiger partial charge in [0.1, 0.15) is 17.6 Å². The van der Waals surface area contributed by atoms with Crippen molar-refractivity contribution in [2.24, 2.45) is 0 Å². The van der Waals surface area contributed by atoms with Crippen LogP contribution in [0.2, 0.25) is 0 Å². The fourth-order valence-corrected chi connectivity index (χ4v) is 5.12. The zero-order chi connectivity index (χ0) is 21.0. The van der Waals surface area contributed by atoms with E-state index in [0.717, 1.165) is 44.3 Å². The molecule has 1 aliphatic heterocycles. The maximum Gasteiger partial charge on any atom is 0.229 e. The predicted octanol–water partition coefficient (Wildman–Crippen LogP) is 4.79. The van der Waals surface area contributed by atoms with Crippen LogP contribution in [-0.2, 0) is 15.4 Å². The Kier molecular flexibility index (Phi) is 4.74. The molecule has 0 spiro atoms. The molecule has 1 aliphatic rings. The molecule has 8 heteroatoms. The molecule has 1 atom stereocenters. The summed E-state index contributed by atoms with van der Waals surface area (Å²) in [5.41, 5.74) is 2.83. The lowest BCUT2D eigenvalue weighted by molar-refractivity contribution is 0.167. The van der Waals surface area contributed by atoms with E-state index in [9.17, 15) is 8.42 Å². The lowest BCUT2D eigenvalue weighted by atomic mass is 9.77. The molecule has 1 N–H and O–H groups in total. The maximum atomic E-state index is 11.5. The molecule has 0 saturated heterocycles. The summed E-state index contributed by atoms with van der Waals surface area (Å²) in [7, 11) is -1.67. The van der Waals surface area contributed by atoms with E-state index in [0.29, 0.717) is 5.69 Å². The number of methoxy groups -OCH3 is 1. The molecule has 6 nitrogen and oxygen atoms in total. The minimum absolute atomic E-state index is 0.271. The van der Waals surface area contributed by atoms with E-state index in [4.69, 9.17) is 9.47 Å². The Balaban J connectivity index is 1.82. The Labute approximate surface area is 178 Å². The first kappa shape index (κ1) is 20.0. The van der Waals surface area contributed by atoms with Gasteiger partial charge in [-0.2, -0.15) is 0 Å². The van der Waals surface area contributed by atoms with Crippen molar-refractivity contribution >= 4 is 42.5 Å². The third kappa shape index (κ3) is 3.34. The van der Waals surface area contributed by atoms with Crippen molar-refractivity contribution in [3.8, 4) is 11.5 Å². The molecule has 3 aromatic rings. The number of sulfonamides is 1. The normalized spacial score (nSPS) is 17.6. The fraction of sp³-hybridized carbons (Fsp3) is 0.286. The highest BCUT2D eigenvalue weighted by Crippen LogP contribution is 2.58. The average Bonchev–Trinajstić information content (AvgIpc) is 2.94. The van der Waals surface area contributed by atoms with Crippen molar-refractivity contribution in [1.82, 2.24) is 4.98 Å². The minimum Gasteiger partial charge on any atom is -0.496 e. The van der Waals surface area contributed by atoms with Crippen molar-refractivity contribution in [3.05, 3.63) is 58.2 Å². The van der Waals surface area contributed by atoms with Gasteiger partial charge in [-0.05, 0) is 45.8 Å². The molecular weight excluding hydrogens is 456 g/mol. The molecule has 2 heterocycles. The average molecular weight is 477 g/mol. The number of hydrogen-bond acceptors (Lipinski definition) is 5. The van der Waals surface area contributed by atoms with E-state index >= 15 is 0 Å². The largest absolute Gasteiger partial charge is 0.496 e. The summed E-state index contributed by atoms with van der Waals surface area (Å²) in [6.45, 7) is 4.23. The van der Waals surface area contributed by atoms with Gasteiger partial charge in [0.15, 0.2) is 0 Å². The topological polar surface area (TPSA) is 77.5 Å². The van der Waals surface area contributed by atoms with Crippen molar-refractivity contribution in [1.29, 1.82) is 0 Å². The van der Waals surface area contributed by atoms with Crippen LogP contribution in [0.3, 0.4) is 0 Å². The smallest absolute Gasteiger partial charge is 0.229 e. The molecule has 152 valence electrons. The molecular formula is C21H21BrN2O4S. The van der Waals surface area contributed by atoms with Gasteiger partial charge in [-0.1, -0.05) is 26.0 Å². The first-order valence-corrected chi connectivity index (χ1v) is 11.7. The van der Waals surface area contributed by atoms with Gasteiger partial charge in [-0.3, -0.25) is 9.71 Å².